The van der Waals surface area contributed by atoms with Crippen molar-refractivity contribution in [2.75, 3.05) is 0 Å². The average molecular weight is 161 g/mol. The Balaban J connectivity index is 2.64. The van der Waals surface area contributed by atoms with E-state index in [-0.39, 0.29) is 11.6 Å². The standard InChI is InChI=1S/C7H9ClO2/c8-7-5(9)3-1-2-4-6(7)10/h7H,1-4H2. The summed E-state index contributed by atoms with van der Waals surface area (Å²) in [6.07, 6.45) is 2.57. The quantitative estimate of drug-likeness (QED) is 0.304. The Morgan fingerprint density at radius 3 is 1.90 bits per heavy atom. The molecule has 2 nitrogen and oxygen atoms in total. The minimum atomic E-state index is -0.845. The number of hydrogen-bond acceptors (Lipinski definition) is 2. The molecule has 0 spiro atoms. The molecule has 0 amide bonds. The van der Waals surface area contributed by atoms with Gasteiger partial charge in [0.05, 0.1) is 0 Å². The highest BCUT2D eigenvalue weighted by molar-refractivity contribution is 6.42. The topological polar surface area (TPSA) is 34.1 Å². The lowest BCUT2D eigenvalue weighted by molar-refractivity contribution is -0.125. The molecular weight excluding hydrogens is 152 g/mol. The molecule has 1 aliphatic carbocycles. The van der Waals surface area contributed by atoms with E-state index in [0.29, 0.717) is 12.8 Å². The molecule has 0 aromatic heterocycles. The fourth-order valence-corrected chi connectivity index (χ4v) is 1.25. The normalized spacial score (nSPS) is 22.9. The maximum absolute atomic E-state index is 10.9. The molecular formula is C7H9ClO2. The van der Waals surface area contributed by atoms with E-state index in [1.807, 2.05) is 0 Å². The zero-order valence-corrected chi connectivity index (χ0v) is 6.36. The van der Waals surface area contributed by atoms with E-state index in [2.05, 4.69) is 0 Å². The molecule has 0 aromatic carbocycles. The minimum absolute atomic E-state index is 0.107. The largest absolute Gasteiger partial charge is 0.298 e. The first kappa shape index (κ1) is 7.73. The van der Waals surface area contributed by atoms with Gasteiger partial charge in [0.1, 0.15) is 0 Å². The van der Waals surface area contributed by atoms with Gasteiger partial charge in [0.25, 0.3) is 0 Å². The SMILES string of the molecule is O=C1CCCCC(=O)C1Cl. The predicted octanol–water partition coefficient (Wildman–Crippen LogP) is 1.31. The highest BCUT2D eigenvalue weighted by atomic mass is 35.5. The van der Waals surface area contributed by atoms with E-state index in [4.69, 9.17) is 11.6 Å². The maximum Gasteiger partial charge on any atom is 0.158 e. The van der Waals surface area contributed by atoms with Gasteiger partial charge in [-0.05, 0) is 12.8 Å². The fraction of sp³-hybridized carbons (Fsp3) is 0.714. The Morgan fingerprint density at radius 1 is 1.10 bits per heavy atom. The molecule has 0 atom stereocenters. The van der Waals surface area contributed by atoms with Crippen LogP contribution in [0.2, 0.25) is 0 Å². The second-order valence-electron chi connectivity index (χ2n) is 2.50. The Labute approximate surface area is 64.5 Å². The zero-order valence-electron chi connectivity index (χ0n) is 5.60. The van der Waals surface area contributed by atoms with Crippen LogP contribution in [-0.2, 0) is 9.59 Å². The molecule has 0 N–H and O–H groups in total. The van der Waals surface area contributed by atoms with E-state index >= 15 is 0 Å². The molecule has 0 bridgehead atoms. The molecule has 3 heteroatoms. The van der Waals surface area contributed by atoms with E-state index in [1.165, 1.54) is 0 Å². The Hall–Kier alpha value is -0.370. The molecule has 1 rings (SSSR count). The Kier molecular flexibility index (Phi) is 2.44. The van der Waals surface area contributed by atoms with Crippen LogP contribution in [-0.4, -0.2) is 16.9 Å². The van der Waals surface area contributed by atoms with Gasteiger partial charge in [-0.1, -0.05) is 0 Å². The van der Waals surface area contributed by atoms with Crippen LogP contribution in [0.1, 0.15) is 25.7 Å². The molecule has 0 aromatic rings. The fourth-order valence-electron chi connectivity index (χ4n) is 1.03. The van der Waals surface area contributed by atoms with Crippen molar-refractivity contribution >= 4 is 23.2 Å². The number of ketones is 2. The number of carbonyl (C=O) groups is 2. The Bertz CT molecular complexity index is 147. The van der Waals surface area contributed by atoms with Gasteiger partial charge in [0.2, 0.25) is 0 Å². The van der Waals surface area contributed by atoms with Gasteiger partial charge in [0.15, 0.2) is 16.9 Å². The number of Topliss-reactive ketones (excluding diaryl/α,β-unsaturated/α-hetero) is 2. The molecule has 1 saturated carbocycles. The maximum atomic E-state index is 10.9. The molecule has 56 valence electrons. The van der Waals surface area contributed by atoms with Crippen LogP contribution in [0.15, 0.2) is 0 Å². The van der Waals surface area contributed by atoms with Crippen molar-refractivity contribution in [1.29, 1.82) is 0 Å². The van der Waals surface area contributed by atoms with Crippen LogP contribution in [0, 0.1) is 0 Å². The van der Waals surface area contributed by atoms with Gasteiger partial charge in [0, 0.05) is 12.8 Å². The van der Waals surface area contributed by atoms with Crippen LogP contribution >= 0.6 is 11.6 Å². The predicted molar refractivity (Wildman–Crippen MR) is 38.1 cm³/mol. The van der Waals surface area contributed by atoms with E-state index < -0.39 is 5.38 Å². The van der Waals surface area contributed by atoms with Crippen LogP contribution in [0.5, 0.6) is 0 Å². The lowest BCUT2D eigenvalue weighted by atomic mass is 10.2. The van der Waals surface area contributed by atoms with Crippen LogP contribution in [0.4, 0.5) is 0 Å². The van der Waals surface area contributed by atoms with Crippen molar-refractivity contribution in [1.82, 2.24) is 0 Å². The van der Waals surface area contributed by atoms with Gasteiger partial charge >= 0.3 is 0 Å². The number of alkyl halides is 1. The first-order chi connectivity index (χ1) is 4.72. The zero-order chi connectivity index (χ0) is 7.56. The van der Waals surface area contributed by atoms with Crippen LogP contribution in [0.25, 0.3) is 0 Å². The summed E-state index contributed by atoms with van der Waals surface area (Å²) in [4.78, 5) is 21.7. The molecule has 0 radical (unpaired) electrons. The van der Waals surface area contributed by atoms with Crippen molar-refractivity contribution in [3.63, 3.8) is 0 Å². The van der Waals surface area contributed by atoms with Crippen molar-refractivity contribution in [3.05, 3.63) is 0 Å². The lowest BCUT2D eigenvalue weighted by Crippen LogP contribution is -2.21. The molecule has 0 aliphatic heterocycles. The second-order valence-corrected chi connectivity index (χ2v) is 2.94. The van der Waals surface area contributed by atoms with E-state index in [9.17, 15) is 9.59 Å². The summed E-state index contributed by atoms with van der Waals surface area (Å²) in [5, 5.41) is -0.845. The molecule has 1 aliphatic rings. The van der Waals surface area contributed by atoms with E-state index in [1.54, 1.807) is 0 Å². The molecule has 1 fully saturated rings. The third-order valence-electron chi connectivity index (χ3n) is 1.66. The van der Waals surface area contributed by atoms with Gasteiger partial charge in [-0.25, -0.2) is 0 Å². The summed E-state index contributed by atoms with van der Waals surface area (Å²) >= 11 is 5.52. The summed E-state index contributed by atoms with van der Waals surface area (Å²) in [6, 6.07) is 0. The van der Waals surface area contributed by atoms with Crippen molar-refractivity contribution in [2.24, 2.45) is 0 Å². The van der Waals surface area contributed by atoms with Crippen molar-refractivity contribution in [2.45, 2.75) is 31.1 Å². The molecule has 10 heavy (non-hydrogen) atoms. The summed E-state index contributed by atoms with van der Waals surface area (Å²) in [7, 11) is 0. The first-order valence-electron chi connectivity index (χ1n) is 3.41. The summed E-state index contributed by atoms with van der Waals surface area (Å²) in [5.74, 6) is -0.215. The van der Waals surface area contributed by atoms with Gasteiger partial charge in [-0.2, -0.15) is 0 Å². The van der Waals surface area contributed by atoms with Gasteiger partial charge < -0.3 is 0 Å². The monoisotopic (exact) mass is 160 g/mol. The third-order valence-corrected chi connectivity index (χ3v) is 2.15. The summed E-state index contributed by atoms with van der Waals surface area (Å²) in [5.41, 5.74) is 0. The van der Waals surface area contributed by atoms with E-state index in [0.717, 1.165) is 12.8 Å². The summed E-state index contributed by atoms with van der Waals surface area (Å²) in [6.45, 7) is 0. The van der Waals surface area contributed by atoms with Crippen LogP contribution < -0.4 is 0 Å². The minimum Gasteiger partial charge on any atom is -0.298 e. The van der Waals surface area contributed by atoms with Gasteiger partial charge in [-0.3, -0.25) is 9.59 Å². The smallest absolute Gasteiger partial charge is 0.158 e. The molecule has 0 unspecified atom stereocenters. The molecule has 0 saturated heterocycles. The van der Waals surface area contributed by atoms with Crippen molar-refractivity contribution < 1.29 is 9.59 Å². The molecule has 0 heterocycles. The third kappa shape index (κ3) is 1.57. The van der Waals surface area contributed by atoms with Gasteiger partial charge in [-0.15, -0.1) is 11.6 Å². The first-order valence-corrected chi connectivity index (χ1v) is 3.85. The number of halogens is 1. The average Bonchev–Trinajstić information content (AvgIpc) is 2.04. The van der Waals surface area contributed by atoms with Crippen LogP contribution in [0.3, 0.4) is 0 Å². The number of rotatable bonds is 0. The number of carbonyl (C=O) groups excluding carboxylic acids is 2. The second kappa shape index (κ2) is 3.15. The Morgan fingerprint density at radius 2 is 1.50 bits per heavy atom. The number of hydrogen-bond donors (Lipinski definition) is 0. The summed E-state index contributed by atoms with van der Waals surface area (Å²) < 4.78 is 0. The lowest BCUT2D eigenvalue weighted by Gasteiger charge is -1.99. The highest BCUT2D eigenvalue weighted by Gasteiger charge is 2.25. The highest BCUT2D eigenvalue weighted by Crippen LogP contribution is 2.15. The van der Waals surface area contributed by atoms with Crippen molar-refractivity contribution in [3.8, 4) is 0 Å².